The number of pyridine rings is 1. The number of fused-ring (bicyclic) bond motifs is 4. The zero-order chi connectivity index (χ0) is 30.9. The number of hydrogen-bond acceptors (Lipinski definition) is 9. The lowest BCUT2D eigenvalue weighted by Crippen LogP contribution is -2.47. The number of rotatable bonds is 7. The van der Waals surface area contributed by atoms with Crippen molar-refractivity contribution >= 4 is 17.7 Å². The maximum absolute atomic E-state index is 13.6. The molecule has 2 aliphatic rings. The van der Waals surface area contributed by atoms with Crippen LogP contribution in [0.5, 0.6) is 11.5 Å². The summed E-state index contributed by atoms with van der Waals surface area (Å²) in [5.74, 6) is 2.03. The highest BCUT2D eigenvalue weighted by Crippen LogP contribution is 2.34. The number of nitrogens with one attached hydrogen (secondary N) is 2. The van der Waals surface area contributed by atoms with Gasteiger partial charge < -0.3 is 29.5 Å². The lowest BCUT2D eigenvalue weighted by Gasteiger charge is -2.30. The van der Waals surface area contributed by atoms with E-state index in [1.54, 1.807) is 38.7 Å². The minimum atomic E-state index is -0.221. The molecule has 44 heavy (non-hydrogen) atoms. The molecule has 1 aromatic carbocycles. The van der Waals surface area contributed by atoms with Crippen LogP contribution < -0.4 is 20.1 Å². The molecule has 2 N–H and O–H groups in total. The van der Waals surface area contributed by atoms with E-state index < -0.39 is 0 Å². The van der Waals surface area contributed by atoms with E-state index in [0.29, 0.717) is 81.2 Å². The Morgan fingerprint density at radius 3 is 2.64 bits per heavy atom. The molecule has 0 aliphatic carbocycles. The van der Waals surface area contributed by atoms with Crippen LogP contribution in [0.4, 0.5) is 0 Å². The summed E-state index contributed by atoms with van der Waals surface area (Å²) in [5, 5.41) is 10.1. The first-order valence-corrected chi connectivity index (χ1v) is 15.3. The lowest BCUT2D eigenvalue weighted by molar-refractivity contribution is -0.135. The lowest BCUT2D eigenvalue weighted by atomic mass is 10.0. The summed E-state index contributed by atoms with van der Waals surface area (Å²) in [4.78, 5) is 49.7. The highest BCUT2D eigenvalue weighted by atomic mass is 16.5. The second-order valence-corrected chi connectivity index (χ2v) is 11.2. The Hall–Kier alpha value is -4.48. The van der Waals surface area contributed by atoms with Crippen molar-refractivity contribution in [2.45, 2.75) is 76.3 Å². The van der Waals surface area contributed by atoms with E-state index in [1.165, 1.54) is 0 Å². The molecule has 0 saturated carbocycles. The third-order valence-corrected chi connectivity index (χ3v) is 8.25. The van der Waals surface area contributed by atoms with Crippen LogP contribution in [0, 0.1) is 0 Å². The highest BCUT2D eigenvalue weighted by molar-refractivity contribution is 5.81. The molecule has 1 saturated heterocycles. The van der Waals surface area contributed by atoms with Crippen molar-refractivity contribution in [1.82, 2.24) is 30.7 Å². The molecule has 2 aliphatic heterocycles. The smallest absolute Gasteiger partial charge is 0.226 e. The van der Waals surface area contributed by atoms with Crippen LogP contribution in [-0.4, -0.2) is 77.1 Å². The molecule has 0 unspecified atom stereocenters. The van der Waals surface area contributed by atoms with Gasteiger partial charge in [0.25, 0.3) is 0 Å². The fourth-order valence-corrected chi connectivity index (χ4v) is 6.07. The van der Waals surface area contributed by atoms with Gasteiger partial charge in [-0.3, -0.25) is 19.4 Å². The molecular weight excluding hydrogens is 564 g/mol. The number of ether oxygens (including phenoxy) is 2. The van der Waals surface area contributed by atoms with Crippen LogP contribution in [0.2, 0.25) is 0 Å². The summed E-state index contributed by atoms with van der Waals surface area (Å²) >= 11 is 0. The first-order valence-electron chi connectivity index (χ1n) is 15.3. The average Bonchev–Trinajstić information content (AvgIpc) is 3.68. The van der Waals surface area contributed by atoms with E-state index in [-0.39, 0.29) is 42.6 Å². The number of methoxy groups -OCH3 is 2. The predicted octanol–water partition coefficient (Wildman–Crippen LogP) is 3.03. The maximum atomic E-state index is 13.6. The number of aryl methyl sites for hydroxylation is 3. The molecule has 0 spiro atoms. The van der Waals surface area contributed by atoms with Crippen LogP contribution in [0.3, 0.4) is 0 Å². The number of carbonyl (C=O) groups excluding carboxylic acids is 3. The Morgan fingerprint density at radius 2 is 1.84 bits per heavy atom. The topological polar surface area (TPSA) is 149 Å². The number of amides is 3. The van der Waals surface area contributed by atoms with Gasteiger partial charge in [-0.25, -0.2) is 0 Å². The van der Waals surface area contributed by atoms with Crippen molar-refractivity contribution in [1.29, 1.82) is 0 Å². The average molecular weight is 605 g/mol. The fraction of sp³-hybridized carbons (Fsp3) is 0.500. The van der Waals surface area contributed by atoms with Gasteiger partial charge >= 0.3 is 0 Å². The SMILES string of the molecule is COc1cc2cc(c1OC)CCCNC(=O)C[C@@H]1CC[C@H](CNC(=O)CC2)N1C(=O)CCCc1nc(-c2ccncc2)no1. The molecule has 1 fully saturated rings. The molecule has 3 aromatic rings. The molecule has 2 atom stereocenters. The van der Waals surface area contributed by atoms with Crippen molar-refractivity contribution < 1.29 is 28.4 Å². The van der Waals surface area contributed by atoms with Crippen molar-refractivity contribution in [3.63, 3.8) is 0 Å². The summed E-state index contributed by atoms with van der Waals surface area (Å²) in [6, 6.07) is 7.17. The second kappa shape index (κ2) is 14.8. The number of nitrogens with zero attached hydrogens (tertiary/aromatic N) is 4. The van der Waals surface area contributed by atoms with Gasteiger partial charge in [0, 0.05) is 68.8 Å². The largest absolute Gasteiger partial charge is 0.493 e. The van der Waals surface area contributed by atoms with Crippen LogP contribution in [-0.2, 0) is 33.6 Å². The van der Waals surface area contributed by atoms with Crippen molar-refractivity contribution in [3.8, 4) is 22.9 Å². The minimum Gasteiger partial charge on any atom is -0.493 e. The summed E-state index contributed by atoms with van der Waals surface area (Å²) in [7, 11) is 3.21. The third kappa shape index (κ3) is 7.72. The Morgan fingerprint density at radius 1 is 1.02 bits per heavy atom. The monoisotopic (exact) mass is 604 g/mol. The van der Waals surface area contributed by atoms with Gasteiger partial charge in [-0.05, 0) is 67.9 Å². The Labute approximate surface area is 256 Å². The highest BCUT2D eigenvalue weighted by Gasteiger charge is 2.37. The quantitative estimate of drug-likeness (QED) is 0.415. The van der Waals surface area contributed by atoms with Crippen molar-refractivity contribution in [2.24, 2.45) is 0 Å². The van der Waals surface area contributed by atoms with E-state index in [0.717, 1.165) is 23.1 Å². The summed E-state index contributed by atoms with van der Waals surface area (Å²) in [5.41, 5.74) is 2.77. The molecule has 5 rings (SSSR count). The van der Waals surface area contributed by atoms with Gasteiger partial charge in [-0.15, -0.1) is 0 Å². The molecule has 4 heterocycles. The van der Waals surface area contributed by atoms with Gasteiger partial charge in [0.05, 0.1) is 14.2 Å². The molecule has 3 amide bonds. The Kier molecular flexibility index (Phi) is 10.4. The normalized spacial score (nSPS) is 19.5. The van der Waals surface area contributed by atoms with Crippen molar-refractivity contribution in [3.05, 3.63) is 53.7 Å². The molecule has 234 valence electrons. The zero-order valence-corrected chi connectivity index (χ0v) is 25.3. The van der Waals surface area contributed by atoms with Gasteiger partial charge in [0.15, 0.2) is 11.5 Å². The van der Waals surface area contributed by atoms with Crippen LogP contribution in [0.1, 0.15) is 62.0 Å². The molecule has 4 bridgehead atoms. The Balaban J connectivity index is 1.23. The van der Waals surface area contributed by atoms with E-state index >= 15 is 0 Å². The number of aromatic nitrogens is 3. The van der Waals surface area contributed by atoms with E-state index in [4.69, 9.17) is 14.0 Å². The zero-order valence-electron chi connectivity index (χ0n) is 25.3. The van der Waals surface area contributed by atoms with Crippen LogP contribution in [0.15, 0.2) is 41.2 Å². The standard InChI is InChI=1S/C32H40N6O6/c1-42-26-18-21-8-11-27(39)35-20-25-10-9-24(19-28(40)34-14-4-5-23(17-21)31(26)43-2)38(25)30(41)7-3-6-29-36-32(37-44-29)22-12-15-33-16-13-22/h12-13,15-18,24-25H,3-11,14,19-20H2,1-2H3,(H,34,40)(H,35,39)/t24-,25+/m0/s1. The van der Waals surface area contributed by atoms with Crippen molar-refractivity contribution in [2.75, 3.05) is 27.3 Å². The van der Waals surface area contributed by atoms with Gasteiger partial charge in [0.1, 0.15) is 0 Å². The summed E-state index contributed by atoms with van der Waals surface area (Å²) in [6.07, 6.45) is 8.49. The molecule has 12 heteroatoms. The first kappa shape index (κ1) is 31.0. The number of hydrogen-bond donors (Lipinski definition) is 2. The molecular formula is C32H40N6O6. The van der Waals surface area contributed by atoms with Gasteiger partial charge in [-0.2, -0.15) is 4.98 Å². The van der Waals surface area contributed by atoms with Gasteiger partial charge in [0.2, 0.25) is 29.4 Å². The first-order chi connectivity index (χ1) is 21.4. The predicted molar refractivity (Wildman–Crippen MR) is 161 cm³/mol. The van der Waals surface area contributed by atoms with Crippen LogP contribution >= 0.6 is 0 Å². The second-order valence-electron chi connectivity index (χ2n) is 11.2. The third-order valence-electron chi connectivity index (χ3n) is 8.25. The molecule has 0 radical (unpaired) electrons. The molecule has 2 aromatic heterocycles. The van der Waals surface area contributed by atoms with Gasteiger partial charge in [-0.1, -0.05) is 11.2 Å². The fourth-order valence-electron chi connectivity index (χ4n) is 6.07. The van der Waals surface area contributed by atoms with E-state index in [9.17, 15) is 14.4 Å². The van der Waals surface area contributed by atoms with Crippen LogP contribution in [0.25, 0.3) is 11.4 Å². The van der Waals surface area contributed by atoms with E-state index in [1.807, 2.05) is 17.0 Å². The minimum absolute atomic E-state index is 0.0402. The number of carbonyl (C=O) groups is 3. The Bertz CT molecular complexity index is 1440. The summed E-state index contributed by atoms with van der Waals surface area (Å²) in [6.45, 7) is 0.850. The number of benzene rings is 1. The molecule has 12 nitrogen and oxygen atoms in total. The summed E-state index contributed by atoms with van der Waals surface area (Å²) < 4.78 is 16.6. The maximum Gasteiger partial charge on any atom is 0.226 e. The van der Waals surface area contributed by atoms with E-state index in [2.05, 4.69) is 25.8 Å².